The number of hydrogen-bond acceptors (Lipinski definition) is 3. The highest BCUT2D eigenvalue weighted by Crippen LogP contribution is 2.45. The minimum absolute atomic E-state index is 0.132. The van der Waals surface area contributed by atoms with Crippen LogP contribution in [0, 0.1) is 6.92 Å². The number of carbonyl (C=O) groups excluding carboxylic acids is 1. The lowest BCUT2D eigenvalue weighted by Crippen LogP contribution is -2.44. The summed E-state index contributed by atoms with van der Waals surface area (Å²) < 4.78 is 5.32. The molecule has 0 aromatic carbocycles. The smallest absolute Gasteiger partial charge is 0.255 e. The first-order valence-corrected chi connectivity index (χ1v) is 6.32. The molecule has 4 heteroatoms. The molecule has 1 aliphatic heterocycles. The number of hydrogen-bond donors (Lipinski definition) is 0. The first-order valence-electron chi connectivity index (χ1n) is 5.44. The average molecular weight is 239 g/mol. The van der Waals surface area contributed by atoms with Gasteiger partial charge >= 0.3 is 0 Å². The Balaban J connectivity index is 2.59. The Hall–Kier alpha value is -0.870. The summed E-state index contributed by atoms with van der Waals surface area (Å²) in [6.07, 6.45) is 0.885. The molecular weight excluding hydrogens is 222 g/mol. The van der Waals surface area contributed by atoms with Gasteiger partial charge in [-0.2, -0.15) is 0 Å². The number of nitrogens with zero attached hydrogens (tertiary/aromatic N) is 1. The van der Waals surface area contributed by atoms with Crippen LogP contribution in [-0.2, 0) is 10.3 Å². The summed E-state index contributed by atoms with van der Waals surface area (Å²) in [5.41, 5.74) is 1.73. The Morgan fingerprint density at radius 2 is 2.25 bits per heavy atom. The maximum Gasteiger partial charge on any atom is 0.255 e. The zero-order valence-electron chi connectivity index (χ0n) is 10.2. The van der Waals surface area contributed by atoms with Gasteiger partial charge in [-0.25, -0.2) is 0 Å². The summed E-state index contributed by atoms with van der Waals surface area (Å²) in [6.45, 7) is 4.67. The van der Waals surface area contributed by atoms with Gasteiger partial charge in [0.25, 0.3) is 5.91 Å². The van der Waals surface area contributed by atoms with E-state index in [4.69, 9.17) is 4.74 Å². The lowest BCUT2D eigenvalue weighted by Gasteiger charge is -2.34. The van der Waals surface area contributed by atoms with E-state index >= 15 is 0 Å². The van der Waals surface area contributed by atoms with Crippen LogP contribution in [0.4, 0.5) is 0 Å². The topological polar surface area (TPSA) is 29.5 Å². The van der Waals surface area contributed by atoms with Crippen molar-refractivity contribution >= 4 is 17.2 Å². The second kappa shape index (κ2) is 3.86. The van der Waals surface area contributed by atoms with E-state index in [0.717, 1.165) is 17.5 Å². The summed E-state index contributed by atoms with van der Waals surface area (Å²) in [4.78, 5) is 15.2. The molecule has 1 aromatic heterocycles. The largest absolute Gasteiger partial charge is 0.382 e. The Bertz CT molecular complexity index is 427. The van der Waals surface area contributed by atoms with E-state index in [0.29, 0.717) is 6.61 Å². The van der Waals surface area contributed by atoms with Crippen LogP contribution in [0.3, 0.4) is 0 Å². The molecule has 3 nitrogen and oxygen atoms in total. The van der Waals surface area contributed by atoms with E-state index in [1.54, 1.807) is 18.4 Å². The molecule has 0 fully saturated rings. The predicted octanol–water partition coefficient (Wildman–Crippen LogP) is 2.39. The Morgan fingerprint density at radius 1 is 1.56 bits per heavy atom. The lowest BCUT2D eigenvalue weighted by molar-refractivity contribution is 0.0288. The molecule has 1 amide bonds. The molecule has 0 spiro atoms. The maximum absolute atomic E-state index is 12.2. The van der Waals surface area contributed by atoms with Gasteiger partial charge in [0.1, 0.15) is 5.54 Å². The van der Waals surface area contributed by atoms with E-state index in [1.165, 1.54) is 4.88 Å². The number of likely N-dealkylation sites (N-methyl/N-ethyl adjacent to an activating group) is 1. The lowest BCUT2D eigenvalue weighted by atomic mass is 9.95. The van der Waals surface area contributed by atoms with Gasteiger partial charge in [0.05, 0.1) is 12.2 Å². The second-order valence-electron chi connectivity index (χ2n) is 4.31. The van der Waals surface area contributed by atoms with Crippen molar-refractivity contribution in [3.63, 3.8) is 0 Å². The van der Waals surface area contributed by atoms with Crippen molar-refractivity contribution in [2.45, 2.75) is 25.8 Å². The first kappa shape index (κ1) is 11.6. The van der Waals surface area contributed by atoms with Crippen molar-refractivity contribution in [1.82, 2.24) is 4.90 Å². The molecule has 0 saturated carbocycles. The molecule has 0 saturated heterocycles. The van der Waals surface area contributed by atoms with Crippen LogP contribution >= 0.6 is 11.3 Å². The molecule has 2 heterocycles. The van der Waals surface area contributed by atoms with Crippen LogP contribution in [0.15, 0.2) is 5.38 Å². The third kappa shape index (κ3) is 1.26. The monoisotopic (exact) mass is 239 g/mol. The molecule has 88 valence electrons. The van der Waals surface area contributed by atoms with Crippen molar-refractivity contribution in [2.24, 2.45) is 0 Å². The highest BCUT2D eigenvalue weighted by molar-refractivity contribution is 7.10. The molecule has 1 unspecified atom stereocenters. The Morgan fingerprint density at radius 3 is 2.81 bits per heavy atom. The number of thiophene rings is 1. The minimum Gasteiger partial charge on any atom is -0.382 e. The number of fused-ring (bicyclic) bond motifs is 1. The molecule has 0 N–H and O–H groups in total. The number of carbonyl (C=O) groups is 1. The van der Waals surface area contributed by atoms with Gasteiger partial charge in [-0.15, -0.1) is 11.3 Å². The van der Waals surface area contributed by atoms with Crippen LogP contribution in [0.25, 0.3) is 0 Å². The van der Waals surface area contributed by atoms with Gasteiger partial charge < -0.3 is 9.64 Å². The van der Waals surface area contributed by atoms with Crippen LogP contribution in [-0.4, -0.2) is 31.6 Å². The standard InChI is InChI=1S/C12H17NO2S/c1-5-12(7-15-4)10-9(8(2)6-16-10)11(14)13(12)3/h6H,5,7H2,1-4H3. The maximum atomic E-state index is 12.2. The summed E-state index contributed by atoms with van der Waals surface area (Å²) in [7, 11) is 3.56. The van der Waals surface area contributed by atoms with Crippen molar-refractivity contribution in [1.29, 1.82) is 0 Å². The van der Waals surface area contributed by atoms with Gasteiger partial charge in [-0.3, -0.25) is 4.79 Å². The average Bonchev–Trinajstić information content (AvgIpc) is 2.74. The molecule has 0 radical (unpaired) electrons. The summed E-state index contributed by atoms with van der Waals surface area (Å²) in [6, 6.07) is 0. The summed E-state index contributed by atoms with van der Waals surface area (Å²) in [5, 5.41) is 2.07. The van der Waals surface area contributed by atoms with Gasteiger partial charge in [0.15, 0.2) is 0 Å². The van der Waals surface area contributed by atoms with Gasteiger partial charge in [0, 0.05) is 19.0 Å². The minimum atomic E-state index is -0.250. The zero-order chi connectivity index (χ0) is 11.9. The van der Waals surface area contributed by atoms with E-state index in [2.05, 4.69) is 12.3 Å². The number of methoxy groups -OCH3 is 1. The second-order valence-corrected chi connectivity index (χ2v) is 5.18. The van der Waals surface area contributed by atoms with Crippen LogP contribution in [0.1, 0.15) is 34.1 Å². The molecule has 1 atom stereocenters. The molecule has 2 rings (SSSR count). The number of rotatable bonds is 3. The highest BCUT2D eigenvalue weighted by Gasteiger charge is 2.48. The Labute approximate surface area is 100 Å². The highest BCUT2D eigenvalue weighted by atomic mass is 32.1. The van der Waals surface area contributed by atoms with Gasteiger partial charge in [-0.1, -0.05) is 6.92 Å². The van der Waals surface area contributed by atoms with Crippen molar-refractivity contribution < 1.29 is 9.53 Å². The fraction of sp³-hybridized carbons (Fsp3) is 0.583. The van der Waals surface area contributed by atoms with Crippen molar-refractivity contribution in [3.8, 4) is 0 Å². The Kier molecular flexibility index (Phi) is 2.80. The third-order valence-electron chi connectivity index (χ3n) is 3.53. The molecular formula is C12H17NO2S. The molecule has 16 heavy (non-hydrogen) atoms. The normalized spacial score (nSPS) is 24.0. The van der Waals surface area contributed by atoms with Crippen LogP contribution in [0.5, 0.6) is 0 Å². The van der Waals surface area contributed by atoms with Gasteiger partial charge in [-0.05, 0) is 24.3 Å². The fourth-order valence-electron chi connectivity index (χ4n) is 2.47. The number of amides is 1. The number of ether oxygens (including phenoxy) is 1. The zero-order valence-corrected chi connectivity index (χ0v) is 11.0. The van der Waals surface area contributed by atoms with E-state index in [9.17, 15) is 4.79 Å². The molecule has 0 aliphatic carbocycles. The first-order chi connectivity index (χ1) is 7.58. The van der Waals surface area contributed by atoms with Crippen molar-refractivity contribution in [2.75, 3.05) is 20.8 Å². The SMILES string of the molecule is CCC1(COC)c2scc(C)c2C(=O)N1C. The summed E-state index contributed by atoms with van der Waals surface area (Å²) in [5.74, 6) is 0.132. The fourth-order valence-corrected chi connectivity index (χ4v) is 3.81. The van der Waals surface area contributed by atoms with E-state index in [-0.39, 0.29) is 11.4 Å². The van der Waals surface area contributed by atoms with Crippen LogP contribution in [0.2, 0.25) is 0 Å². The van der Waals surface area contributed by atoms with Gasteiger partial charge in [0.2, 0.25) is 0 Å². The molecule has 1 aliphatic rings. The van der Waals surface area contributed by atoms with Crippen LogP contribution < -0.4 is 0 Å². The quantitative estimate of drug-likeness (QED) is 0.810. The van der Waals surface area contributed by atoms with Crippen molar-refractivity contribution in [3.05, 3.63) is 21.4 Å². The van der Waals surface area contributed by atoms with E-state index < -0.39 is 0 Å². The summed E-state index contributed by atoms with van der Waals surface area (Å²) >= 11 is 1.68. The molecule has 1 aromatic rings. The number of aryl methyl sites for hydroxylation is 1. The predicted molar refractivity (Wildman–Crippen MR) is 65.0 cm³/mol. The molecule has 0 bridgehead atoms. The van der Waals surface area contributed by atoms with E-state index in [1.807, 2.05) is 18.9 Å². The third-order valence-corrected chi connectivity index (χ3v) is 4.82.